The van der Waals surface area contributed by atoms with Crippen molar-refractivity contribution in [3.63, 3.8) is 0 Å². The average Bonchev–Trinajstić information content (AvgIpc) is 3.11. The molecule has 142 valence electrons. The van der Waals surface area contributed by atoms with Crippen LogP contribution in [-0.2, 0) is 0 Å². The molecule has 0 spiro atoms. The van der Waals surface area contributed by atoms with E-state index in [0.29, 0.717) is 41.0 Å². The first kappa shape index (κ1) is 18.1. The molecule has 0 amide bonds. The molecule has 4 aromatic rings. The number of nitrogens with one attached hydrogen (secondary N) is 2. The van der Waals surface area contributed by atoms with Gasteiger partial charge in [-0.2, -0.15) is 10.1 Å². The van der Waals surface area contributed by atoms with E-state index >= 15 is 0 Å². The van der Waals surface area contributed by atoms with E-state index in [2.05, 4.69) is 35.5 Å². The van der Waals surface area contributed by atoms with Crippen molar-refractivity contribution in [3.8, 4) is 11.4 Å². The molecule has 3 aromatic heterocycles. The molecule has 0 radical (unpaired) electrons. The fourth-order valence-corrected chi connectivity index (χ4v) is 3.15. The largest absolute Gasteiger partial charge is 0.368 e. The second kappa shape index (κ2) is 7.75. The SMILES string of the molecule is NCCC(Nc1nccc(-c2[nH]nc3nc(N)ncc23)n1)c1cccc(Cl)c1. The highest BCUT2D eigenvalue weighted by molar-refractivity contribution is 6.30. The molecular weight excluding hydrogens is 378 g/mol. The number of aromatic amines is 1. The Bertz CT molecular complexity index is 1110. The van der Waals surface area contributed by atoms with Gasteiger partial charge >= 0.3 is 0 Å². The van der Waals surface area contributed by atoms with Crippen LogP contribution in [0.15, 0.2) is 42.7 Å². The number of aromatic nitrogens is 6. The lowest BCUT2D eigenvalue weighted by atomic mass is 10.0. The summed E-state index contributed by atoms with van der Waals surface area (Å²) in [4.78, 5) is 17.1. The lowest BCUT2D eigenvalue weighted by Crippen LogP contribution is -2.17. The van der Waals surface area contributed by atoms with Crippen LogP contribution in [0.3, 0.4) is 0 Å². The van der Waals surface area contributed by atoms with Crippen molar-refractivity contribution in [1.29, 1.82) is 0 Å². The maximum Gasteiger partial charge on any atom is 0.223 e. The molecule has 0 aliphatic heterocycles. The zero-order chi connectivity index (χ0) is 19.5. The highest BCUT2D eigenvalue weighted by atomic mass is 35.5. The number of hydrogen-bond acceptors (Lipinski definition) is 8. The van der Waals surface area contributed by atoms with Gasteiger partial charge in [0.15, 0.2) is 5.65 Å². The molecule has 10 heteroatoms. The van der Waals surface area contributed by atoms with E-state index in [-0.39, 0.29) is 12.0 Å². The van der Waals surface area contributed by atoms with Gasteiger partial charge in [-0.3, -0.25) is 5.10 Å². The topological polar surface area (TPSA) is 144 Å². The Morgan fingerprint density at radius 1 is 1.18 bits per heavy atom. The fourth-order valence-electron chi connectivity index (χ4n) is 2.95. The number of rotatable bonds is 6. The second-order valence-corrected chi connectivity index (χ2v) is 6.60. The Morgan fingerprint density at radius 3 is 2.89 bits per heavy atom. The molecule has 28 heavy (non-hydrogen) atoms. The van der Waals surface area contributed by atoms with Crippen LogP contribution in [0.5, 0.6) is 0 Å². The molecule has 0 fully saturated rings. The monoisotopic (exact) mass is 395 g/mol. The minimum Gasteiger partial charge on any atom is -0.368 e. The van der Waals surface area contributed by atoms with Crippen LogP contribution in [-0.4, -0.2) is 36.7 Å². The third-order valence-corrected chi connectivity index (χ3v) is 4.49. The number of nitrogen functional groups attached to an aromatic ring is 1. The van der Waals surface area contributed by atoms with Crippen LogP contribution in [0, 0.1) is 0 Å². The van der Waals surface area contributed by atoms with Crippen molar-refractivity contribution in [2.24, 2.45) is 5.73 Å². The summed E-state index contributed by atoms with van der Waals surface area (Å²) in [6.07, 6.45) is 4.00. The maximum atomic E-state index is 6.13. The molecule has 4 rings (SSSR count). The summed E-state index contributed by atoms with van der Waals surface area (Å²) >= 11 is 6.13. The van der Waals surface area contributed by atoms with Crippen LogP contribution in [0.25, 0.3) is 22.4 Å². The van der Waals surface area contributed by atoms with Gasteiger partial charge in [0.25, 0.3) is 0 Å². The van der Waals surface area contributed by atoms with Crippen molar-refractivity contribution >= 4 is 34.5 Å². The summed E-state index contributed by atoms with van der Waals surface area (Å²) in [7, 11) is 0. The van der Waals surface area contributed by atoms with Crippen LogP contribution in [0.1, 0.15) is 18.0 Å². The number of halogens is 1. The lowest BCUT2D eigenvalue weighted by molar-refractivity contribution is 0.696. The Morgan fingerprint density at radius 2 is 2.07 bits per heavy atom. The minimum atomic E-state index is -0.0689. The van der Waals surface area contributed by atoms with E-state index in [0.717, 1.165) is 10.9 Å². The van der Waals surface area contributed by atoms with Gasteiger partial charge in [-0.05, 0) is 36.7 Å². The molecule has 0 aliphatic rings. The molecule has 0 bridgehead atoms. The van der Waals surface area contributed by atoms with Gasteiger partial charge in [0.1, 0.15) is 0 Å². The van der Waals surface area contributed by atoms with Crippen molar-refractivity contribution < 1.29 is 0 Å². The zero-order valence-electron chi connectivity index (χ0n) is 14.8. The third kappa shape index (κ3) is 3.71. The average molecular weight is 396 g/mol. The van der Waals surface area contributed by atoms with Gasteiger partial charge in [-0.1, -0.05) is 23.7 Å². The number of fused-ring (bicyclic) bond motifs is 1. The first-order valence-corrected chi connectivity index (χ1v) is 9.04. The summed E-state index contributed by atoms with van der Waals surface area (Å²) in [5.41, 5.74) is 14.3. The molecule has 6 N–H and O–H groups in total. The van der Waals surface area contributed by atoms with E-state index < -0.39 is 0 Å². The molecule has 1 atom stereocenters. The van der Waals surface area contributed by atoms with E-state index in [9.17, 15) is 0 Å². The first-order chi connectivity index (χ1) is 13.6. The normalized spacial score (nSPS) is 12.2. The van der Waals surface area contributed by atoms with Gasteiger partial charge in [-0.25, -0.2) is 15.0 Å². The summed E-state index contributed by atoms with van der Waals surface area (Å²) < 4.78 is 0. The fraction of sp³-hybridized carbons (Fsp3) is 0.167. The maximum absolute atomic E-state index is 6.13. The van der Waals surface area contributed by atoms with Gasteiger partial charge in [-0.15, -0.1) is 0 Å². The number of hydrogen-bond donors (Lipinski definition) is 4. The van der Waals surface area contributed by atoms with Crippen LogP contribution in [0.4, 0.5) is 11.9 Å². The zero-order valence-corrected chi connectivity index (χ0v) is 15.6. The number of benzene rings is 1. The first-order valence-electron chi connectivity index (χ1n) is 8.66. The van der Waals surface area contributed by atoms with Crippen molar-refractivity contribution in [2.75, 3.05) is 17.6 Å². The van der Waals surface area contributed by atoms with Crippen LogP contribution >= 0.6 is 11.6 Å². The predicted molar refractivity (Wildman–Crippen MR) is 109 cm³/mol. The van der Waals surface area contributed by atoms with Crippen molar-refractivity contribution in [2.45, 2.75) is 12.5 Å². The smallest absolute Gasteiger partial charge is 0.223 e. The lowest BCUT2D eigenvalue weighted by Gasteiger charge is -2.19. The summed E-state index contributed by atoms with van der Waals surface area (Å²) in [5, 5.41) is 11.8. The molecule has 1 aromatic carbocycles. The Kier molecular flexibility index (Phi) is 5.00. The summed E-state index contributed by atoms with van der Waals surface area (Å²) in [6, 6.07) is 9.35. The van der Waals surface area contributed by atoms with Crippen LogP contribution < -0.4 is 16.8 Å². The van der Waals surface area contributed by atoms with Gasteiger partial charge in [0, 0.05) is 17.4 Å². The molecule has 0 aliphatic carbocycles. The molecule has 0 saturated carbocycles. The molecular formula is C18H18ClN9. The Balaban J connectivity index is 1.65. The molecule has 9 nitrogen and oxygen atoms in total. The number of nitrogens with two attached hydrogens (primary N) is 2. The molecule has 1 unspecified atom stereocenters. The minimum absolute atomic E-state index is 0.0689. The molecule has 0 saturated heterocycles. The highest BCUT2D eigenvalue weighted by Crippen LogP contribution is 2.26. The van der Waals surface area contributed by atoms with Crippen LogP contribution in [0.2, 0.25) is 5.02 Å². The number of nitrogens with zero attached hydrogens (tertiary/aromatic N) is 5. The predicted octanol–water partition coefficient (Wildman–Crippen LogP) is 2.55. The Hall–Kier alpha value is -3.30. The Labute approximate surface area is 165 Å². The van der Waals surface area contributed by atoms with Gasteiger partial charge in [0.05, 0.1) is 22.8 Å². The van der Waals surface area contributed by atoms with E-state index in [4.69, 9.17) is 23.1 Å². The van der Waals surface area contributed by atoms with Crippen molar-refractivity contribution in [3.05, 3.63) is 53.3 Å². The second-order valence-electron chi connectivity index (χ2n) is 6.16. The third-order valence-electron chi connectivity index (χ3n) is 4.25. The van der Waals surface area contributed by atoms with E-state index in [1.807, 2.05) is 24.3 Å². The quantitative estimate of drug-likeness (QED) is 0.389. The number of H-pyrrole nitrogens is 1. The highest BCUT2D eigenvalue weighted by Gasteiger charge is 2.15. The standard InChI is InChI=1S/C18H18ClN9/c19-11-3-1-2-10(8-11)13(4-6-20)24-18-22-7-5-14(25-18)15-12-9-23-17(21)26-16(12)28-27-15/h1-3,5,7-9,13H,4,6,20H2,(H,22,24,25)(H3,21,23,26,27,28). The summed E-state index contributed by atoms with van der Waals surface area (Å²) in [6.45, 7) is 0.508. The van der Waals surface area contributed by atoms with Gasteiger partial charge < -0.3 is 16.8 Å². The van der Waals surface area contributed by atoms with Gasteiger partial charge in [0.2, 0.25) is 11.9 Å². The van der Waals surface area contributed by atoms with Crippen molar-refractivity contribution in [1.82, 2.24) is 30.1 Å². The summed E-state index contributed by atoms with van der Waals surface area (Å²) in [5.74, 6) is 0.636. The number of anilines is 2. The molecule has 3 heterocycles. The van der Waals surface area contributed by atoms with E-state index in [1.165, 1.54) is 0 Å². The van der Waals surface area contributed by atoms with E-state index in [1.54, 1.807) is 18.5 Å².